The molecule has 1 unspecified atom stereocenters. The smallest absolute Gasteiger partial charge is 0.250 e. The van der Waals surface area contributed by atoms with Crippen LogP contribution < -0.4 is 5.32 Å². The van der Waals surface area contributed by atoms with E-state index in [1.165, 1.54) is 16.7 Å². The number of rotatable bonds is 6. The van der Waals surface area contributed by atoms with Gasteiger partial charge >= 0.3 is 0 Å². The lowest BCUT2D eigenvalue weighted by Gasteiger charge is -2.32. The highest BCUT2D eigenvalue weighted by Gasteiger charge is 2.26. The lowest BCUT2D eigenvalue weighted by atomic mass is 10.1. The molecule has 1 saturated heterocycles. The number of aryl methyl sites for hydroxylation is 1. The van der Waals surface area contributed by atoms with Gasteiger partial charge in [-0.3, -0.25) is 9.69 Å². The zero-order valence-corrected chi connectivity index (χ0v) is 14.8. The standard InChI is InChI=1S/C21H26N2O2/c1-17-6-5-9-18(14-17)10-11-22-21(24)20-16-23(12-13-25-20)15-19-7-3-2-4-8-19/h2-9,14,20H,10-13,15-16H2,1H3,(H,22,24). The number of carbonyl (C=O) groups excluding carboxylic acids is 1. The molecule has 0 saturated carbocycles. The molecule has 4 heteroatoms. The average Bonchev–Trinajstić information content (AvgIpc) is 2.63. The van der Waals surface area contributed by atoms with Crippen molar-refractivity contribution in [2.75, 3.05) is 26.2 Å². The van der Waals surface area contributed by atoms with Crippen LogP contribution in [0, 0.1) is 6.92 Å². The molecule has 2 aromatic rings. The van der Waals surface area contributed by atoms with Crippen LogP contribution in [-0.4, -0.2) is 43.2 Å². The number of amides is 1. The number of nitrogens with zero attached hydrogens (tertiary/aromatic N) is 1. The average molecular weight is 338 g/mol. The van der Waals surface area contributed by atoms with Gasteiger partial charge < -0.3 is 10.1 Å². The molecule has 2 aromatic carbocycles. The highest BCUT2D eigenvalue weighted by atomic mass is 16.5. The normalized spacial score (nSPS) is 18.0. The summed E-state index contributed by atoms with van der Waals surface area (Å²) in [7, 11) is 0. The molecule has 1 fully saturated rings. The number of ether oxygens (including phenoxy) is 1. The predicted molar refractivity (Wildman–Crippen MR) is 99.4 cm³/mol. The van der Waals surface area contributed by atoms with Crippen LogP contribution in [0.1, 0.15) is 16.7 Å². The van der Waals surface area contributed by atoms with E-state index >= 15 is 0 Å². The first-order valence-corrected chi connectivity index (χ1v) is 8.92. The van der Waals surface area contributed by atoms with E-state index in [9.17, 15) is 4.79 Å². The Morgan fingerprint density at radius 1 is 1.16 bits per heavy atom. The van der Waals surface area contributed by atoms with Crippen LogP contribution in [0.4, 0.5) is 0 Å². The second-order valence-electron chi connectivity index (χ2n) is 6.61. The summed E-state index contributed by atoms with van der Waals surface area (Å²) in [5.41, 5.74) is 3.76. The van der Waals surface area contributed by atoms with Crippen molar-refractivity contribution in [3.05, 3.63) is 71.3 Å². The fourth-order valence-electron chi connectivity index (χ4n) is 3.16. The zero-order valence-electron chi connectivity index (χ0n) is 14.8. The highest BCUT2D eigenvalue weighted by molar-refractivity contribution is 5.81. The zero-order chi connectivity index (χ0) is 17.5. The maximum Gasteiger partial charge on any atom is 0.250 e. The van der Waals surface area contributed by atoms with Crippen LogP contribution in [0.15, 0.2) is 54.6 Å². The molecule has 1 heterocycles. The van der Waals surface area contributed by atoms with Crippen molar-refractivity contribution in [2.45, 2.75) is 26.0 Å². The van der Waals surface area contributed by atoms with Gasteiger partial charge in [-0.25, -0.2) is 0 Å². The summed E-state index contributed by atoms with van der Waals surface area (Å²) in [5.74, 6) is -0.00888. The lowest BCUT2D eigenvalue weighted by molar-refractivity contribution is -0.138. The molecule has 0 aromatic heterocycles. The molecule has 1 aliphatic rings. The first-order valence-electron chi connectivity index (χ1n) is 8.92. The molecule has 0 radical (unpaired) electrons. The third-order valence-electron chi connectivity index (χ3n) is 4.49. The van der Waals surface area contributed by atoms with Gasteiger partial charge in [0.15, 0.2) is 0 Å². The van der Waals surface area contributed by atoms with Crippen LogP contribution in [-0.2, 0) is 22.5 Å². The number of carbonyl (C=O) groups is 1. The van der Waals surface area contributed by atoms with Crippen molar-refractivity contribution in [3.63, 3.8) is 0 Å². The van der Waals surface area contributed by atoms with Gasteiger partial charge in [0, 0.05) is 26.2 Å². The lowest BCUT2D eigenvalue weighted by Crippen LogP contribution is -2.49. The van der Waals surface area contributed by atoms with Crippen molar-refractivity contribution < 1.29 is 9.53 Å². The van der Waals surface area contributed by atoms with E-state index in [1.807, 2.05) is 18.2 Å². The monoisotopic (exact) mass is 338 g/mol. The van der Waals surface area contributed by atoms with Crippen LogP contribution in [0.3, 0.4) is 0 Å². The molecule has 4 nitrogen and oxygen atoms in total. The molecule has 1 aliphatic heterocycles. The Balaban J connectivity index is 1.45. The van der Waals surface area contributed by atoms with E-state index < -0.39 is 0 Å². The van der Waals surface area contributed by atoms with Gasteiger partial charge in [-0.15, -0.1) is 0 Å². The van der Waals surface area contributed by atoms with E-state index in [-0.39, 0.29) is 12.0 Å². The number of hydrogen-bond acceptors (Lipinski definition) is 3. The summed E-state index contributed by atoms with van der Waals surface area (Å²) in [4.78, 5) is 14.7. The summed E-state index contributed by atoms with van der Waals surface area (Å²) in [6.45, 7) is 5.69. The first-order chi connectivity index (χ1) is 12.2. The molecular weight excluding hydrogens is 312 g/mol. The number of benzene rings is 2. The maximum atomic E-state index is 12.4. The minimum absolute atomic E-state index is 0.00888. The predicted octanol–water partition coefficient (Wildman–Crippen LogP) is 2.55. The van der Waals surface area contributed by atoms with E-state index in [4.69, 9.17) is 4.74 Å². The van der Waals surface area contributed by atoms with E-state index in [2.05, 4.69) is 53.5 Å². The minimum Gasteiger partial charge on any atom is -0.366 e. The van der Waals surface area contributed by atoms with Crippen molar-refractivity contribution >= 4 is 5.91 Å². The number of hydrogen-bond donors (Lipinski definition) is 1. The molecule has 3 rings (SSSR count). The fraction of sp³-hybridized carbons (Fsp3) is 0.381. The second kappa shape index (κ2) is 8.79. The van der Waals surface area contributed by atoms with E-state index in [0.717, 1.165) is 19.5 Å². The largest absolute Gasteiger partial charge is 0.366 e. The third-order valence-corrected chi connectivity index (χ3v) is 4.49. The molecule has 0 aliphatic carbocycles. The van der Waals surface area contributed by atoms with E-state index in [0.29, 0.717) is 19.7 Å². The molecule has 25 heavy (non-hydrogen) atoms. The Bertz CT molecular complexity index is 687. The van der Waals surface area contributed by atoms with Crippen LogP contribution in [0.25, 0.3) is 0 Å². The Morgan fingerprint density at radius 3 is 2.76 bits per heavy atom. The molecule has 132 valence electrons. The van der Waals surface area contributed by atoms with Gasteiger partial charge in [-0.2, -0.15) is 0 Å². The van der Waals surface area contributed by atoms with Gasteiger partial charge in [0.2, 0.25) is 5.91 Å². The maximum absolute atomic E-state index is 12.4. The Hall–Kier alpha value is -2.17. The molecule has 0 bridgehead atoms. The Kier molecular flexibility index (Phi) is 6.20. The second-order valence-corrected chi connectivity index (χ2v) is 6.61. The SMILES string of the molecule is Cc1cccc(CCNC(=O)C2CN(Cc3ccccc3)CCO2)c1. The van der Waals surface area contributed by atoms with Crippen molar-refractivity contribution in [1.82, 2.24) is 10.2 Å². The molecule has 1 amide bonds. The summed E-state index contributed by atoms with van der Waals surface area (Å²) in [6.07, 6.45) is 0.461. The topological polar surface area (TPSA) is 41.6 Å². The van der Waals surface area contributed by atoms with Crippen LogP contribution in [0.5, 0.6) is 0 Å². The highest BCUT2D eigenvalue weighted by Crippen LogP contribution is 2.11. The van der Waals surface area contributed by atoms with Crippen molar-refractivity contribution in [1.29, 1.82) is 0 Å². The summed E-state index contributed by atoms with van der Waals surface area (Å²) < 4.78 is 5.68. The van der Waals surface area contributed by atoms with Crippen molar-refractivity contribution in [2.24, 2.45) is 0 Å². The minimum atomic E-state index is -0.380. The molecule has 0 spiro atoms. The molecular formula is C21H26N2O2. The number of nitrogens with one attached hydrogen (secondary N) is 1. The molecule has 1 N–H and O–H groups in total. The first kappa shape index (κ1) is 17.6. The molecule has 1 atom stereocenters. The van der Waals surface area contributed by atoms with Gasteiger partial charge in [0.05, 0.1) is 6.61 Å². The van der Waals surface area contributed by atoms with Gasteiger partial charge in [0.1, 0.15) is 6.10 Å². The fourth-order valence-corrected chi connectivity index (χ4v) is 3.16. The third kappa shape index (κ3) is 5.41. The summed E-state index contributed by atoms with van der Waals surface area (Å²) in [5, 5.41) is 3.01. The summed E-state index contributed by atoms with van der Waals surface area (Å²) >= 11 is 0. The van der Waals surface area contributed by atoms with Gasteiger partial charge in [0.25, 0.3) is 0 Å². The van der Waals surface area contributed by atoms with Gasteiger partial charge in [-0.05, 0) is 24.5 Å². The van der Waals surface area contributed by atoms with E-state index in [1.54, 1.807) is 0 Å². The Morgan fingerprint density at radius 2 is 1.96 bits per heavy atom. The summed E-state index contributed by atoms with van der Waals surface area (Å²) in [6, 6.07) is 18.7. The van der Waals surface area contributed by atoms with Crippen LogP contribution >= 0.6 is 0 Å². The Labute approximate surface area is 149 Å². The van der Waals surface area contributed by atoms with Gasteiger partial charge in [-0.1, -0.05) is 60.2 Å². The van der Waals surface area contributed by atoms with Crippen molar-refractivity contribution in [3.8, 4) is 0 Å². The number of morpholine rings is 1. The van der Waals surface area contributed by atoms with Crippen LogP contribution in [0.2, 0.25) is 0 Å². The quantitative estimate of drug-likeness (QED) is 0.880.